The van der Waals surface area contributed by atoms with Gasteiger partial charge in [-0.05, 0) is 47.9 Å². The Bertz CT molecular complexity index is 1460. The quantitative estimate of drug-likeness (QED) is 0.404. The Labute approximate surface area is 202 Å². The van der Waals surface area contributed by atoms with Crippen molar-refractivity contribution in [2.24, 2.45) is 0 Å². The average molecular weight is 466 g/mol. The number of carbonyl (C=O) groups excluding carboxylic acids is 1. The van der Waals surface area contributed by atoms with Gasteiger partial charge >= 0.3 is 0 Å². The Kier molecular flexibility index (Phi) is 5.90. The van der Waals surface area contributed by atoms with Crippen molar-refractivity contribution in [3.05, 3.63) is 83.8 Å². The molecule has 0 spiro atoms. The summed E-state index contributed by atoms with van der Waals surface area (Å²) in [5, 5.41) is 13.2. The maximum atomic E-state index is 13.6. The number of amides is 1. The molecule has 1 amide bonds. The zero-order valence-electron chi connectivity index (χ0n) is 19.4. The summed E-state index contributed by atoms with van der Waals surface area (Å²) >= 11 is 0. The van der Waals surface area contributed by atoms with Gasteiger partial charge in [-0.25, -0.2) is 4.98 Å². The van der Waals surface area contributed by atoms with Crippen LogP contribution in [0.3, 0.4) is 0 Å². The van der Waals surface area contributed by atoms with Gasteiger partial charge in [0, 0.05) is 17.3 Å². The van der Waals surface area contributed by atoms with E-state index >= 15 is 0 Å². The summed E-state index contributed by atoms with van der Waals surface area (Å²) in [6, 6.07) is 15.7. The Morgan fingerprint density at radius 1 is 1.14 bits per heavy atom. The van der Waals surface area contributed by atoms with Crippen molar-refractivity contribution >= 4 is 23.2 Å². The van der Waals surface area contributed by atoms with Crippen LogP contribution in [0.2, 0.25) is 0 Å². The monoisotopic (exact) mass is 465 g/mol. The van der Waals surface area contributed by atoms with Crippen LogP contribution < -0.4 is 9.64 Å². The number of rotatable bonds is 6. The number of aryl methyl sites for hydroxylation is 1. The van der Waals surface area contributed by atoms with Crippen LogP contribution in [-0.4, -0.2) is 27.8 Å². The number of methoxy groups -OCH3 is 1. The van der Waals surface area contributed by atoms with Gasteiger partial charge in [0.1, 0.15) is 18.1 Å². The lowest BCUT2D eigenvalue weighted by Gasteiger charge is -2.24. The number of oxazole rings is 1. The third-order valence-electron chi connectivity index (χ3n) is 5.89. The maximum Gasteiger partial charge on any atom is 0.231 e. The summed E-state index contributed by atoms with van der Waals surface area (Å²) in [5.74, 6) is 1.85. The zero-order valence-corrected chi connectivity index (χ0v) is 19.4. The molecule has 174 valence electrons. The van der Waals surface area contributed by atoms with Gasteiger partial charge in [-0.3, -0.25) is 9.48 Å². The molecule has 35 heavy (non-hydrogen) atoms. The fraction of sp³-hybridized carbons (Fsp3) is 0.185. The predicted molar refractivity (Wildman–Crippen MR) is 131 cm³/mol. The minimum absolute atomic E-state index is 0.0565. The second-order valence-electron chi connectivity index (χ2n) is 8.31. The number of nitrogens with zero attached hydrogens (tertiary/aromatic N) is 5. The van der Waals surface area contributed by atoms with Crippen molar-refractivity contribution in [1.29, 1.82) is 5.26 Å². The second-order valence-corrected chi connectivity index (χ2v) is 8.31. The highest BCUT2D eigenvalue weighted by Crippen LogP contribution is 2.36. The van der Waals surface area contributed by atoms with Gasteiger partial charge < -0.3 is 14.1 Å². The fourth-order valence-corrected chi connectivity index (χ4v) is 4.11. The van der Waals surface area contributed by atoms with E-state index in [9.17, 15) is 4.79 Å². The summed E-state index contributed by atoms with van der Waals surface area (Å²) in [6.07, 6.45) is 7.34. The first-order valence-corrected chi connectivity index (χ1v) is 11.1. The molecule has 0 saturated carbocycles. The molecule has 0 unspecified atom stereocenters. The van der Waals surface area contributed by atoms with Gasteiger partial charge in [0.2, 0.25) is 11.8 Å². The second kappa shape index (κ2) is 9.31. The molecule has 4 aromatic rings. The molecule has 0 atom stereocenters. The van der Waals surface area contributed by atoms with E-state index in [0.717, 1.165) is 39.3 Å². The van der Waals surface area contributed by atoms with Crippen LogP contribution in [0.5, 0.6) is 5.75 Å². The average Bonchev–Trinajstić information content (AvgIpc) is 3.49. The molecule has 1 aliphatic heterocycles. The lowest BCUT2D eigenvalue weighted by atomic mass is 10.0. The van der Waals surface area contributed by atoms with E-state index < -0.39 is 0 Å². The first kappa shape index (κ1) is 22.2. The summed E-state index contributed by atoms with van der Waals surface area (Å²) < 4.78 is 12.6. The number of anilines is 1. The van der Waals surface area contributed by atoms with Crippen molar-refractivity contribution in [2.75, 3.05) is 12.0 Å². The molecule has 0 aliphatic carbocycles. The van der Waals surface area contributed by atoms with Gasteiger partial charge in [0.05, 0.1) is 44.2 Å². The van der Waals surface area contributed by atoms with Crippen molar-refractivity contribution < 1.29 is 13.9 Å². The normalized spacial score (nSPS) is 13.1. The first-order valence-electron chi connectivity index (χ1n) is 11.1. The van der Waals surface area contributed by atoms with Gasteiger partial charge in [0.15, 0.2) is 0 Å². The van der Waals surface area contributed by atoms with Crippen LogP contribution in [0.1, 0.15) is 29.2 Å². The van der Waals surface area contributed by atoms with Gasteiger partial charge in [-0.2, -0.15) is 10.4 Å². The van der Waals surface area contributed by atoms with Crippen LogP contribution in [0, 0.1) is 18.3 Å². The number of hydrogen-bond acceptors (Lipinski definition) is 6. The fourth-order valence-electron chi connectivity index (χ4n) is 4.11. The number of carbonyl (C=O) groups is 1. The van der Waals surface area contributed by atoms with Gasteiger partial charge in [0.25, 0.3) is 0 Å². The molecule has 8 nitrogen and oxygen atoms in total. The third-order valence-corrected chi connectivity index (χ3v) is 5.89. The van der Waals surface area contributed by atoms with E-state index in [1.165, 1.54) is 0 Å². The van der Waals surface area contributed by atoms with E-state index in [-0.39, 0.29) is 18.9 Å². The third kappa shape index (κ3) is 4.57. The van der Waals surface area contributed by atoms with Crippen molar-refractivity contribution in [1.82, 2.24) is 14.8 Å². The van der Waals surface area contributed by atoms with Crippen LogP contribution in [0.15, 0.2) is 65.5 Å². The van der Waals surface area contributed by atoms with Crippen molar-refractivity contribution in [2.45, 2.75) is 26.4 Å². The summed E-state index contributed by atoms with van der Waals surface area (Å²) in [7, 11) is 1.63. The number of fused-ring (bicyclic) bond motifs is 1. The molecule has 8 heteroatoms. The number of aromatic nitrogens is 3. The van der Waals surface area contributed by atoms with E-state index in [0.29, 0.717) is 18.2 Å². The molecule has 0 saturated heterocycles. The Morgan fingerprint density at radius 3 is 2.69 bits per heavy atom. The SMILES string of the molecule is COc1ccc(CN2C(=O)CC(c3ncc(C)o3)=Cc3ccc(-c4cnn(CC#N)c4)cc32)cc1. The van der Waals surface area contributed by atoms with Crippen LogP contribution in [0.25, 0.3) is 22.8 Å². The Hall–Kier alpha value is -4.64. The minimum atomic E-state index is -0.0565. The Balaban J connectivity index is 1.58. The van der Waals surface area contributed by atoms with E-state index in [4.69, 9.17) is 14.4 Å². The van der Waals surface area contributed by atoms with E-state index in [1.54, 1.807) is 29.1 Å². The number of benzene rings is 2. The van der Waals surface area contributed by atoms with Crippen LogP contribution in [0.4, 0.5) is 5.69 Å². The topological polar surface area (TPSA) is 97.2 Å². The maximum absolute atomic E-state index is 13.6. The van der Waals surface area contributed by atoms with E-state index in [1.807, 2.05) is 61.7 Å². The number of nitriles is 1. The van der Waals surface area contributed by atoms with Crippen LogP contribution >= 0.6 is 0 Å². The van der Waals surface area contributed by atoms with Crippen molar-refractivity contribution in [3.63, 3.8) is 0 Å². The van der Waals surface area contributed by atoms with Crippen LogP contribution in [-0.2, 0) is 17.9 Å². The molecule has 1 aliphatic rings. The molecular formula is C27H23N5O3. The van der Waals surface area contributed by atoms with Gasteiger partial charge in [-0.1, -0.05) is 24.3 Å². The predicted octanol–water partition coefficient (Wildman–Crippen LogP) is 4.86. The highest BCUT2D eigenvalue weighted by Gasteiger charge is 2.26. The molecular weight excluding hydrogens is 442 g/mol. The first-order chi connectivity index (χ1) is 17.0. The largest absolute Gasteiger partial charge is 0.497 e. The number of hydrogen-bond donors (Lipinski definition) is 0. The summed E-state index contributed by atoms with van der Waals surface area (Å²) in [6.45, 7) is 2.41. The smallest absolute Gasteiger partial charge is 0.231 e. The molecule has 3 heterocycles. The Morgan fingerprint density at radius 2 is 1.97 bits per heavy atom. The molecule has 0 N–H and O–H groups in total. The molecule has 2 aromatic carbocycles. The molecule has 0 bridgehead atoms. The molecule has 2 aromatic heterocycles. The molecule has 0 fully saturated rings. The van der Waals surface area contributed by atoms with E-state index in [2.05, 4.69) is 16.2 Å². The van der Waals surface area contributed by atoms with Crippen molar-refractivity contribution in [3.8, 4) is 22.9 Å². The lowest BCUT2D eigenvalue weighted by molar-refractivity contribution is -0.117. The number of ether oxygens (including phenoxy) is 1. The standard InChI is InChI=1S/C27H23N5O3/c1-18-14-29-27(35-18)22-11-21-6-5-20(23-15-30-31(17-23)10-9-28)12-25(21)32(26(33)13-22)16-19-3-7-24(34-2)8-4-19/h3-8,11-12,14-15,17H,10,13,16H2,1-2H3. The highest BCUT2D eigenvalue weighted by molar-refractivity contribution is 6.06. The zero-order chi connectivity index (χ0) is 24.4. The summed E-state index contributed by atoms with van der Waals surface area (Å²) in [5.41, 5.74) is 5.17. The molecule has 5 rings (SSSR count). The minimum Gasteiger partial charge on any atom is -0.497 e. The lowest BCUT2D eigenvalue weighted by Crippen LogP contribution is -2.30. The summed E-state index contributed by atoms with van der Waals surface area (Å²) in [4.78, 5) is 19.7. The highest BCUT2D eigenvalue weighted by atomic mass is 16.5. The van der Waals surface area contributed by atoms with Gasteiger partial charge in [-0.15, -0.1) is 0 Å². The molecule has 0 radical (unpaired) electrons.